The summed E-state index contributed by atoms with van der Waals surface area (Å²) in [5, 5.41) is 5.47. The molecule has 2 amide bonds. The average Bonchev–Trinajstić information content (AvgIpc) is 2.79. The van der Waals surface area contributed by atoms with Gasteiger partial charge in [0.1, 0.15) is 5.75 Å². The number of benzene rings is 2. The number of carbonyl (C=O) groups excluding carboxylic acids is 3. The Bertz CT molecular complexity index is 865. The van der Waals surface area contributed by atoms with Crippen LogP contribution in [0.4, 0.5) is 5.69 Å². The predicted octanol–water partition coefficient (Wildman–Crippen LogP) is 3.73. The Hall–Kier alpha value is -3.35. The van der Waals surface area contributed by atoms with Crippen LogP contribution in [0, 0.1) is 0 Å². The van der Waals surface area contributed by atoms with Gasteiger partial charge in [-0.1, -0.05) is 44.0 Å². The van der Waals surface area contributed by atoms with Crippen LogP contribution in [-0.2, 0) is 20.7 Å². The highest BCUT2D eigenvalue weighted by Crippen LogP contribution is 2.17. The normalized spacial score (nSPS) is 10.3. The van der Waals surface area contributed by atoms with Crippen LogP contribution in [0.2, 0.25) is 0 Å². The van der Waals surface area contributed by atoms with Gasteiger partial charge in [-0.25, -0.2) is 4.79 Å². The summed E-state index contributed by atoms with van der Waals surface area (Å²) in [6.45, 7) is 2.29. The maximum Gasteiger partial charge on any atom is 0.340 e. The third-order valence-corrected chi connectivity index (χ3v) is 4.66. The Labute approximate surface area is 183 Å². The Morgan fingerprint density at radius 3 is 2.39 bits per heavy atom. The number of para-hydroxylation sites is 1. The zero-order chi connectivity index (χ0) is 22.5. The fourth-order valence-electron chi connectivity index (χ4n) is 2.90. The van der Waals surface area contributed by atoms with E-state index in [1.54, 1.807) is 31.4 Å². The molecule has 7 nitrogen and oxygen atoms in total. The van der Waals surface area contributed by atoms with E-state index in [4.69, 9.17) is 9.47 Å². The van der Waals surface area contributed by atoms with Gasteiger partial charge in [0.05, 0.1) is 18.4 Å². The van der Waals surface area contributed by atoms with Gasteiger partial charge in [-0.2, -0.15) is 0 Å². The molecule has 0 bridgehead atoms. The van der Waals surface area contributed by atoms with Crippen LogP contribution in [-0.4, -0.2) is 38.0 Å². The number of ether oxygens (including phenoxy) is 2. The van der Waals surface area contributed by atoms with Crippen LogP contribution in [0.1, 0.15) is 48.5 Å². The van der Waals surface area contributed by atoms with Gasteiger partial charge < -0.3 is 20.1 Å². The Balaban J connectivity index is 1.85. The molecule has 2 aromatic rings. The fourth-order valence-corrected chi connectivity index (χ4v) is 2.90. The molecule has 0 radical (unpaired) electrons. The van der Waals surface area contributed by atoms with Gasteiger partial charge in [-0.15, -0.1) is 0 Å². The molecule has 0 saturated heterocycles. The number of rotatable bonds is 12. The van der Waals surface area contributed by atoms with Crippen molar-refractivity contribution in [2.45, 2.75) is 39.0 Å². The minimum atomic E-state index is -0.658. The quantitative estimate of drug-likeness (QED) is 0.398. The lowest BCUT2D eigenvalue weighted by molar-refractivity contribution is -0.124. The van der Waals surface area contributed by atoms with E-state index < -0.39 is 5.97 Å². The first kappa shape index (κ1) is 23.9. The molecule has 7 heteroatoms. The summed E-state index contributed by atoms with van der Waals surface area (Å²) in [6, 6.07) is 14.1. The molecule has 0 saturated carbocycles. The molecule has 2 aromatic carbocycles. The van der Waals surface area contributed by atoms with Gasteiger partial charge in [0.2, 0.25) is 5.91 Å². The SMILES string of the molecule is CCCCCNC(=O)COC(=O)c1ccccc1NC(=O)CCc1ccc(OC)cc1. The van der Waals surface area contributed by atoms with E-state index in [9.17, 15) is 14.4 Å². The maximum absolute atomic E-state index is 12.4. The molecule has 0 heterocycles. The van der Waals surface area contributed by atoms with Crippen LogP contribution in [0.25, 0.3) is 0 Å². The summed E-state index contributed by atoms with van der Waals surface area (Å²) >= 11 is 0. The smallest absolute Gasteiger partial charge is 0.340 e. The molecule has 31 heavy (non-hydrogen) atoms. The second kappa shape index (κ2) is 13.1. The molecule has 0 aliphatic carbocycles. The number of amides is 2. The van der Waals surface area contributed by atoms with Crippen molar-refractivity contribution in [3.05, 3.63) is 59.7 Å². The van der Waals surface area contributed by atoms with Crippen LogP contribution >= 0.6 is 0 Å². The first-order valence-corrected chi connectivity index (χ1v) is 10.5. The van der Waals surface area contributed by atoms with Crippen LogP contribution in [0.15, 0.2) is 48.5 Å². The van der Waals surface area contributed by atoms with Crippen molar-refractivity contribution in [3.63, 3.8) is 0 Å². The zero-order valence-corrected chi connectivity index (χ0v) is 18.1. The highest BCUT2D eigenvalue weighted by Gasteiger charge is 2.16. The minimum absolute atomic E-state index is 0.207. The second-order valence-electron chi connectivity index (χ2n) is 7.08. The number of carbonyl (C=O) groups is 3. The van der Waals surface area contributed by atoms with E-state index in [1.165, 1.54) is 0 Å². The number of esters is 1. The zero-order valence-electron chi connectivity index (χ0n) is 18.1. The summed E-state index contributed by atoms with van der Waals surface area (Å²) in [5.41, 5.74) is 1.57. The standard InChI is InChI=1S/C24H30N2O5/c1-3-4-7-16-25-23(28)17-31-24(29)20-8-5-6-9-21(20)26-22(27)15-12-18-10-13-19(30-2)14-11-18/h5-6,8-11,13-14H,3-4,7,12,15-17H2,1-2H3,(H,25,28)(H,26,27). The largest absolute Gasteiger partial charge is 0.497 e. The molecular formula is C24H30N2O5. The van der Waals surface area contributed by atoms with Crippen molar-refractivity contribution in [3.8, 4) is 5.75 Å². The van der Waals surface area contributed by atoms with Crippen LogP contribution in [0.3, 0.4) is 0 Å². The molecule has 0 aromatic heterocycles. The summed E-state index contributed by atoms with van der Waals surface area (Å²) < 4.78 is 10.2. The summed E-state index contributed by atoms with van der Waals surface area (Å²) in [5.74, 6) is -0.458. The van der Waals surface area contributed by atoms with E-state index >= 15 is 0 Å². The summed E-state index contributed by atoms with van der Waals surface area (Å²) in [7, 11) is 1.60. The Kier molecular flexibility index (Phi) is 10.1. The van der Waals surface area contributed by atoms with Gasteiger partial charge in [0, 0.05) is 13.0 Å². The first-order chi connectivity index (χ1) is 15.0. The first-order valence-electron chi connectivity index (χ1n) is 10.5. The Morgan fingerprint density at radius 1 is 0.935 bits per heavy atom. The summed E-state index contributed by atoms with van der Waals surface area (Å²) in [4.78, 5) is 36.6. The second-order valence-corrected chi connectivity index (χ2v) is 7.08. The van der Waals surface area contributed by atoms with Crippen LogP contribution < -0.4 is 15.4 Å². The fraction of sp³-hybridized carbons (Fsp3) is 0.375. The third-order valence-electron chi connectivity index (χ3n) is 4.66. The van der Waals surface area contributed by atoms with E-state index in [-0.39, 0.29) is 30.4 Å². The number of anilines is 1. The topological polar surface area (TPSA) is 93.7 Å². The van der Waals surface area contributed by atoms with E-state index in [0.29, 0.717) is 18.7 Å². The molecule has 0 atom stereocenters. The van der Waals surface area contributed by atoms with Crippen molar-refractivity contribution >= 4 is 23.5 Å². The van der Waals surface area contributed by atoms with Crippen LogP contribution in [0.5, 0.6) is 5.75 Å². The monoisotopic (exact) mass is 426 g/mol. The molecule has 166 valence electrons. The molecule has 0 aliphatic rings. The lowest BCUT2D eigenvalue weighted by atomic mass is 10.1. The molecule has 0 spiro atoms. The van der Waals surface area contributed by atoms with Gasteiger partial charge >= 0.3 is 5.97 Å². The van der Waals surface area contributed by atoms with Crippen molar-refractivity contribution in [2.24, 2.45) is 0 Å². The van der Waals surface area contributed by atoms with Crippen molar-refractivity contribution in [1.82, 2.24) is 5.32 Å². The minimum Gasteiger partial charge on any atom is -0.497 e. The highest BCUT2D eigenvalue weighted by atomic mass is 16.5. The number of hydrogen-bond donors (Lipinski definition) is 2. The molecule has 2 rings (SSSR count). The number of hydrogen-bond acceptors (Lipinski definition) is 5. The number of nitrogens with one attached hydrogen (secondary N) is 2. The predicted molar refractivity (Wildman–Crippen MR) is 119 cm³/mol. The summed E-state index contributed by atoms with van der Waals surface area (Å²) in [6.07, 6.45) is 3.80. The van der Waals surface area contributed by atoms with E-state index in [1.807, 2.05) is 24.3 Å². The van der Waals surface area contributed by atoms with Gasteiger partial charge in [-0.05, 0) is 42.7 Å². The van der Waals surface area contributed by atoms with E-state index in [0.717, 1.165) is 30.6 Å². The number of aryl methyl sites for hydroxylation is 1. The third kappa shape index (κ3) is 8.50. The van der Waals surface area contributed by atoms with Crippen molar-refractivity contribution < 1.29 is 23.9 Å². The lowest BCUT2D eigenvalue weighted by Crippen LogP contribution is -2.29. The molecular weight excluding hydrogens is 396 g/mol. The van der Waals surface area contributed by atoms with Gasteiger partial charge in [-0.3, -0.25) is 9.59 Å². The highest BCUT2D eigenvalue weighted by molar-refractivity contribution is 6.01. The lowest BCUT2D eigenvalue weighted by Gasteiger charge is -2.11. The van der Waals surface area contributed by atoms with Gasteiger partial charge in [0.15, 0.2) is 6.61 Å². The average molecular weight is 427 g/mol. The van der Waals surface area contributed by atoms with Gasteiger partial charge in [0.25, 0.3) is 5.91 Å². The molecule has 2 N–H and O–H groups in total. The number of methoxy groups -OCH3 is 1. The Morgan fingerprint density at radius 2 is 1.68 bits per heavy atom. The van der Waals surface area contributed by atoms with Crippen molar-refractivity contribution in [1.29, 1.82) is 0 Å². The molecule has 0 aliphatic heterocycles. The molecule has 0 unspecified atom stereocenters. The molecule has 0 fully saturated rings. The number of unbranched alkanes of at least 4 members (excludes halogenated alkanes) is 2. The van der Waals surface area contributed by atoms with Crippen molar-refractivity contribution in [2.75, 3.05) is 25.6 Å². The maximum atomic E-state index is 12.4. The van der Waals surface area contributed by atoms with E-state index in [2.05, 4.69) is 17.6 Å².